The van der Waals surface area contributed by atoms with Crippen LogP contribution >= 0.6 is 0 Å². The van der Waals surface area contributed by atoms with Gasteiger partial charge in [-0.05, 0) is 37.1 Å². The monoisotopic (exact) mass is 364 g/mol. The molecule has 0 spiro atoms. The van der Waals surface area contributed by atoms with Crippen molar-refractivity contribution in [3.05, 3.63) is 29.8 Å². The fourth-order valence-electron chi connectivity index (χ4n) is 2.76. The summed E-state index contributed by atoms with van der Waals surface area (Å²) in [6.07, 6.45) is 3.78. The molecule has 1 amide bonds. The van der Waals surface area contributed by atoms with Crippen molar-refractivity contribution in [3.63, 3.8) is 0 Å². The summed E-state index contributed by atoms with van der Waals surface area (Å²) in [4.78, 5) is 24.1. The van der Waals surface area contributed by atoms with Crippen molar-refractivity contribution in [2.24, 2.45) is 5.92 Å². The van der Waals surface area contributed by atoms with E-state index in [1.807, 2.05) is 31.2 Å². The third-order valence-electron chi connectivity index (χ3n) is 4.35. The molecule has 2 atom stereocenters. The van der Waals surface area contributed by atoms with E-state index in [-0.39, 0.29) is 12.3 Å². The number of carbonyl (C=O) groups is 2. The number of aliphatic carboxylic acids is 1. The van der Waals surface area contributed by atoms with E-state index in [2.05, 4.69) is 17.6 Å². The number of unbranched alkanes of at least 4 members (excludes halogenated alkanes) is 2. The summed E-state index contributed by atoms with van der Waals surface area (Å²) in [6, 6.07) is 6.90. The van der Waals surface area contributed by atoms with E-state index in [9.17, 15) is 14.7 Å². The lowest BCUT2D eigenvalue weighted by molar-refractivity contribution is -0.145. The van der Waals surface area contributed by atoms with Crippen molar-refractivity contribution in [2.75, 3.05) is 20.2 Å². The SMILES string of the molecule is CCCCNC(=O)CC(C(=O)O)C(NCCCC)c1ccc(OC)cc1. The molecule has 1 rings (SSSR count). The smallest absolute Gasteiger partial charge is 0.308 e. The Balaban J connectivity index is 2.93. The first kappa shape index (κ1) is 22.0. The molecule has 2 unspecified atom stereocenters. The van der Waals surface area contributed by atoms with E-state index >= 15 is 0 Å². The molecule has 0 saturated heterocycles. The van der Waals surface area contributed by atoms with Crippen LogP contribution in [0.25, 0.3) is 0 Å². The highest BCUT2D eigenvalue weighted by molar-refractivity contribution is 5.82. The molecule has 0 fully saturated rings. The maximum Gasteiger partial charge on any atom is 0.308 e. The number of hydrogen-bond acceptors (Lipinski definition) is 4. The predicted molar refractivity (Wildman–Crippen MR) is 102 cm³/mol. The highest BCUT2D eigenvalue weighted by atomic mass is 16.5. The topological polar surface area (TPSA) is 87.7 Å². The molecule has 0 radical (unpaired) electrons. The molecule has 1 aromatic carbocycles. The molecule has 0 aliphatic carbocycles. The summed E-state index contributed by atoms with van der Waals surface area (Å²) >= 11 is 0. The van der Waals surface area contributed by atoms with Crippen molar-refractivity contribution in [1.82, 2.24) is 10.6 Å². The zero-order chi connectivity index (χ0) is 19.4. The average Bonchev–Trinajstić information content (AvgIpc) is 2.64. The quantitative estimate of drug-likeness (QED) is 0.468. The van der Waals surface area contributed by atoms with Crippen LogP contribution in [0.3, 0.4) is 0 Å². The molecule has 0 saturated carbocycles. The van der Waals surface area contributed by atoms with Crippen molar-refractivity contribution in [3.8, 4) is 5.75 Å². The highest BCUT2D eigenvalue weighted by Gasteiger charge is 2.31. The normalized spacial score (nSPS) is 13.0. The van der Waals surface area contributed by atoms with Crippen molar-refractivity contribution >= 4 is 11.9 Å². The van der Waals surface area contributed by atoms with Gasteiger partial charge in [-0.15, -0.1) is 0 Å². The zero-order valence-corrected chi connectivity index (χ0v) is 16.1. The van der Waals surface area contributed by atoms with Crippen LogP contribution in [0.1, 0.15) is 57.6 Å². The lowest BCUT2D eigenvalue weighted by atomic mass is 9.89. The molecule has 0 aliphatic heterocycles. The predicted octanol–water partition coefficient (Wildman–Crippen LogP) is 3.13. The molecule has 146 valence electrons. The summed E-state index contributed by atoms with van der Waals surface area (Å²) in [7, 11) is 1.59. The minimum absolute atomic E-state index is 0.0468. The molecule has 6 nitrogen and oxygen atoms in total. The largest absolute Gasteiger partial charge is 0.497 e. The van der Waals surface area contributed by atoms with Crippen LogP contribution in [0.4, 0.5) is 0 Å². The number of carboxylic acids is 1. The van der Waals surface area contributed by atoms with Crippen molar-refractivity contribution in [2.45, 2.75) is 52.0 Å². The van der Waals surface area contributed by atoms with Gasteiger partial charge in [0.2, 0.25) is 5.91 Å². The molecule has 0 aromatic heterocycles. The van der Waals surface area contributed by atoms with Crippen molar-refractivity contribution < 1.29 is 19.4 Å². The standard InChI is InChI=1S/C20H32N2O4/c1-4-6-12-21-18(23)14-17(20(24)25)19(22-13-7-5-2)15-8-10-16(26-3)11-9-15/h8-11,17,19,22H,4-7,12-14H2,1-3H3,(H,21,23)(H,24,25). The summed E-state index contributed by atoms with van der Waals surface area (Å²) in [5, 5.41) is 15.9. The number of ether oxygens (including phenoxy) is 1. The van der Waals surface area contributed by atoms with Gasteiger partial charge in [0.05, 0.1) is 13.0 Å². The second-order valence-corrected chi connectivity index (χ2v) is 6.41. The fraction of sp³-hybridized carbons (Fsp3) is 0.600. The number of carboxylic acid groups (broad SMARTS) is 1. The number of amides is 1. The van der Waals surface area contributed by atoms with Gasteiger partial charge in [0, 0.05) is 19.0 Å². The summed E-state index contributed by atoms with van der Waals surface area (Å²) in [6.45, 7) is 5.41. The second-order valence-electron chi connectivity index (χ2n) is 6.41. The van der Waals surface area contributed by atoms with Crippen LogP contribution in [0.15, 0.2) is 24.3 Å². The first-order valence-electron chi connectivity index (χ1n) is 9.40. The van der Waals surface area contributed by atoms with Crippen LogP contribution in [-0.2, 0) is 9.59 Å². The second kappa shape index (κ2) is 12.3. The van der Waals surface area contributed by atoms with Gasteiger partial charge in [0.25, 0.3) is 0 Å². The van der Waals surface area contributed by atoms with Gasteiger partial charge in [0.1, 0.15) is 5.75 Å². The Hall–Kier alpha value is -2.08. The van der Waals surface area contributed by atoms with Gasteiger partial charge in [-0.25, -0.2) is 0 Å². The Labute approximate surface area is 156 Å². The molecule has 6 heteroatoms. The maximum atomic E-state index is 12.2. The number of carbonyl (C=O) groups excluding carboxylic acids is 1. The fourth-order valence-corrected chi connectivity index (χ4v) is 2.76. The minimum atomic E-state index is -0.972. The number of hydrogen-bond donors (Lipinski definition) is 3. The average molecular weight is 364 g/mol. The number of benzene rings is 1. The molecular formula is C20H32N2O4. The Kier molecular flexibility index (Phi) is 10.4. The van der Waals surface area contributed by atoms with Gasteiger partial charge in [0.15, 0.2) is 0 Å². The Morgan fingerprint density at radius 3 is 2.23 bits per heavy atom. The molecule has 26 heavy (non-hydrogen) atoms. The first-order chi connectivity index (χ1) is 12.5. The van der Waals surface area contributed by atoms with Gasteiger partial charge in [-0.1, -0.05) is 38.8 Å². The van der Waals surface area contributed by atoms with E-state index in [4.69, 9.17) is 4.74 Å². The van der Waals surface area contributed by atoms with Crippen LogP contribution in [0.5, 0.6) is 5.75 Å². The molecular weight excluding hydrogens is 332 g/mol. The highest BCUT2D eigenvalue weighted by Crippen LogP contribution is 2.27. The lowest BCUT2D eigenvalue weighted by Crippen LogP contribution is -2.37. The Bertz CT molecular complexity index is 545. The van der Waals surface area contributed by atoms with E-state index in [0.29, 0.717) is 18.8 Å². The van der Waals surface area contributed by atoms with Crippen molar-refractivity contribution in [1.29, 1.82) is 0 Å². The number of methoxy groups -OCH3 is 1. The number of rotatable bonds is 13. The lowest BCUT2D eigenvalue weighted by Gasteiger charge is -2.26. The third-order valence-corrected chi connectivity index (χ3v) is 4.35. The summed E-state index contributed by atoms with van der Waals surface area (Å²) in [5.74, 6) is -1.31. The van der Waals surface area contributed by atoms with Crippen LogP contribution < -0.4 is 15.4 Å². The molecule has 1 aromatic rings. The minimum Gasteiger partial charge on any atom is -0.497 e. The molecule has 0 aliphatic rings. The maximum absolute atomic E-state index is 12.2. The van der Waals surface area contributed by atoms with E-state index in [0.717, 1.165) is 31.2 Å². The number of nitrogens with one attached hydrogen (secondary N) is 2. The van der Waals surface area contributed by atoms with Gasteiger partial charge in [-0.3, -0.25) is 9.59 Å². The van der Waals surface area contributed by atoms with Gasteiger partial charge in [-0.2, -0.15) is 0 Å². The Morgan fingerprint density at radius 2 is 1.69 bits per heavy atom. The van der Waals surface area contributed by atoms with E-state index in [1.54, 1.807) is 7.11 Å². The third kappa shape index (κ3) is 7.44. The zero-order valence-electron chi connectivity index (χ0n) is 16.1. The van der Waals surface area contributed by atoms with E-state index in [1.165, 1.54) is 0 Å². The molecule has 0 bridgehead atoms. The van der Waals surface area contributed by atoms with Crippen LogP contribution in [-0.4, -0.2) is 37.2 Å². The van der Waals surface area contributed by atoms with Crippen LogP contribution in [0, 0.1) is 5.92 Å². The first-order valence-corrected chi connectivity index (χ1v) is 9.40. The summed E-state index contributed by atoms with van der Waals surface area (Å²) in [5.41, 5.74) is 0.843. The molecule has 3 N–H and O–H groups in total. The van der Waals surface area contributed by atoms with Gasteiger partial charge >= 0.3 is 5.97 Å². The van der Waals surface area contributed by atoms with Gasteiger partial charge < -0.3 is 20.5 Å². The molecule has 0 heterocycles. The Morgan fingerprint density at radius 1 is 1.08 bits per heavy atom. The van der Waals surface area contributed by atoms with E-state index < -0.39 is 17.9 Å². The van der Waals surface area contributed by atoms with Crippen LogP contribution in [0.2, 0.25) is 0 Å². The summed E-state index contributed by atoms with van der Waals surface area (Å²) < 4.78 is 5.17.